The predicted octanol–water partition coefficient (Wildman–Crippen LogP) is 3.28. The van der Waals surface area contributed by atoms with Crippen LogP contribution in [-0.4, -0.2) is 26.3 Å². The third-order valence-electron chi connectivity index (χ3n) is 5.58. The van der Waals surface area contributed by atoms with Crippen molar-refractivity contribution in [1.82, 2.24) is 4.72 Å². The Hall–Kier alpha value is -3.49. The van der Waals surface area contributed by atoms with Gasteiger partial charge in [-0.3, -0.25) is 9.59 Å². The number of nitrogen functional groups attached to an aromatic ring is 1. The fraction of sp³-hybridized carbons (Fsp3) is 0.167. The summed E-state index contributed by atoms with van der Waals surface area (Å²) in [4.78, 5) is 28.0. The number of nitrogens with two attached hydrogens (primary N) is 1. The van der Waals surface area contributed by atoms with Crippen molar-refractivity contribution in [2.45, 2.75) is 30.7 Å². The van der Waals surface area contributed by atoms with Crippen molar-refractivity contribution in [2.24, 2.45) is 0 Å². The number of anilines is 2. The summed E-state index contributed by atoms with van der Waals surface area (Å²) in [5.74, 6) is -1.75. The Morgan fingerprint density at radius 2 is 1.66 bits per heavy atom. The molecule has 0 radical (unpaired) electrons. The van der Waals surface area contributed by atoms with Gasteiger partial charge in [-0.2, -0.15) is 4.72 Å². The second kappa shape index (κ2) is 8.22. The fourth-order valence-corrected chi connectivity index (χ4v) is 5.17. The van der Waals surface area contributed by atoms with Gasteiger partial charge in [-0.1, -0.05) is 48.5 Å². The third kappa shape index (κ3) is 3.68. The first-order valence-electron chi connectivity index (χ1n) is 10.2. The molecule has 8 heteroatoms. The number of benzene rings is 3. The Labute approximate surface area is 186 Å². The van der Waals surface area contributed by atoms with Crippen LogP contribution in [0.2, 0.25) is 0 Å². The topological polar surface area (TPSA) is 110 Å². The van der Waals surface area contributed by atoms with Crippen molar-refractivity contribution in [3.8, 4) is 11.1 Å². The molecule has 1 aliphatic rings. The molecule has 1 unspecified atom stereocenters. The second-order valence-corrected chi connectivity index (χ2v) is 9.43. The van der Waals surface area contributed by atoms with Crippen molar-refractivity contribution >= 4 is 33.2 Å². The molecule has 164 valence electrons. The van der Waals surface area contributed by atoms with Gasteiger partial charge in [-0.25, -0.2) is 13.3 Å². The lowest BCUT2D eigenvalue weighted by molar-refractivity contribution is -0.127. The highest BCUT2D eigenvalue weighted by Gasteiger charge is 2.38. The Balaban J connectivity index is 1.77. The van der Waals surface area contributed by atoms with E-state index in [1.165, 1.54) is 19.1 Å². The maximum atomic E-state index is 13.5. The van der Waals surface area contributed by atoms with Crippen LogP contribution in [-0.2, 0) is 19.6 Å². The second-order valence-electron chi connectivity index (χ2n) is 7.72. The van der Waals surface area contributed by atoms with E-state index in [9.17, 15) is 18.0 Å². The van der Waals surface area contributed by atoms with Crippen LogP contribution in [0, 0.1) is 0 Å². The molecule has 0 aliphatic carbocycles. The van der Waals surface area contributed by atoms with E-state index in [-0.39, 0.29) is 4.90 Å². The highest BCUT2D eigenvalue weighted by Crippen LogP contribution is 2.44. The molecule has 7 nitrogen and oxygen atoms in total. The first-order valence-corrected chi connectivity index (χ1v) is 11.6. The van der Waals surface area contributed by atoms with Gasteiger partial charge in [0.2, 0.25) is 15.9 Å². The molecule has 0 aromatic heterocycles. The zero-order valence-corrected chi connectivity index (χ0v) is 18.5. The van der Waals surface area contributed by atoms with Crippen molar-refractivity contribution in [3.63, 3.8) is 0 Å². The number of nitrogens with zero attached hydrogens (tertiary/aromatic N) is 1. The van der Waals surface area contributed by atoms with Crippen LogP contribution in [0.1, 0.15) is 25.3 Å². The monoisotopic (exact) mass is 449 g/mol. The number of carbonyl (C=O) groups excluding carboxylic acids is 2. The highest BCUT2D eigenvalue weighted by atomic mass is 32.2. The number of sulfonamides is 1. The van der Waals surface area contributed by atoms with E-state index in [0.717, 1.165) is 16.0 Å². The summed E-state index contributed by atoms with van der Waals surface area (Å²) in [6.45, 7) is 3.15. The minimum absolute atomic E-state index is 0.0345. The molecule has 3 aromatic carbocycles. The zero-order chi connectivity index (χ0) is 23.0. The summed E-state index contributed by atoms with van der Waals surface area (Å²) in [6, 6.07) is 19.0. The van der Waals surface area contributed by atoms with Gasteiger partial charge < -0.3 is 5.73 Å². The lowest BCUT2D eigenvalue weighted by Crippen LogP contribution is -2.50. The maximum absolute atomic E-state index is 13.5. The number of hydrogen-bond donors (Lipinski definition) is 2. The average molecular weight is 450 g/mol. The minimum Gasteiger partial charge on any atom is -0.398 e. The van der Waals surface area contributed by atoms with E-state index >= 15 is 0 Å². The number of fused-ring (bicyclic) bond motifs is 3. The van der Waals surface area contributed by atoms with Gasteiger partial charge in [0.15, 0.2) is 0 Å². The standard InChI is InChI=1S/C24H23N3O4S/c1-15-18-11-6-7-12-19(18)22-20(25)13-8-14-21(22)27(23(15)28)24(29)16(2)26-32(30,31)17-9-4-3-5-10-17/h3-16,26H,25H2,1-2H3/t15?,16-/m0/s1. The van der Waals surface area contributed by atoms with Gasteiger partial charge in [-0.05, 0) is 49.2 Å². The van der Waals surface area contributed by atoms with Crippen LogP contribution in [0.4, 0.5) is 11.4 Å². The van der Waals surface area contributed by atoms with Gasteiger partial charge in [0, 0.05) is 11.3 Å². The molecule has 3 N–H and O–H groups in total. The molecule has 0 saturated carbocycles. The molecule has 32 heavy (non-hydrogen) atoms. The van der Waals surface area contributed by atoms with Crippen LogP contribution < -0.4 is 15.4 Å². The molecule has 0 spiro atoms. The average Bonchev–Trinajstić information content (AvgIpc) is 2.87. The maximum Gasteiger partial charge on any atom is 0.251 e. The SMILES string of the molecule is CC1C(=O)N(C(=O)[C@H](C)NS(=O)(=O)c2ccccc2)c2cccc(N)c2-c2ccccc21. The number of rotatable bonds is 4. The van der Waals surface area contributed by atoms with E-state index < -0.39 is 33.8 Å². The first-order chi connectivity index (χ1) is 15.2. The quantitative estimate of drug-likeness (QED) is 0.594. The van der Waals surface area contributed by atoms with Crippen molar-refractivity contribution in [1.29, 1.82) is 0 Å². The Bertz CT molecular complexity index is 1310. The number of nitrogens with one attached hydrogen (secondary N) is 1. The number of carbonyl (C=O) groups is 2. The summed E-state index contributed by atoms with van der Waals surface area (Å²) in [7, 11) is -3.96. The molecule has 0 fully saturated rings. The number of amides is 2. The molecule has 4 rings (SSSR count). The van der Waals surface area contributed by atoms with Gasteiger partial charge >= 0.3 is 0 Å². The Morgan fingerprint density at radius 1 is 1.00 bits per heavy atom. The normalized spacial score (nSPS) is 16.6. The smallest absolute Gasteiger partial charge is 0.251 e. The lowest BCUT2D eigenvalue weighted by atomic mass is 9.92. The summed E-state index contributed by atoms with van der Waals surface area (Å²) in [5, 5.41) is 0. The summed E-state index contributed by atoms with van der Waals surface area (Å²) >= 11 is 0. The van der Waals surface area contributed by atoms with Crippen LogP contribution in [0.25, 0.3) is 11.1 Å². The molecule has 2 atom stereocenters. The third-order valence-corrected chi connectivity index (χ3v) is 7.14. The highest BCUT2D eigenvalue weighted by molar-refractivity contribution is 7.89. The Morgan fingerprint density at radius 3 is 2.38 bits per heavy atom. The van der Waals surface area contributed by atoms with E-state index in [4.69, 9.17) is 5.73 Å². The lowest BCUT2D eigenvalue weighted by Gasteiger charge is -2.26. The van der Waals surface area contributed by atoms with Crippen molar-refractivity contribution in [3.05, 3.63) is 78.4 Å². The minimum atomic E-state index is -3.96. The van der Waals surface area contributed by atoms with Gasteiger partial charge in [0.05, 0.1) is 22.5 Å². The molecule has 1 heterocycles. The predicted molar refractivity (Wildman–Crippen MR) is 123 cm³/mol. The summed E-state index contributed by atoms with van der Waals surface area (Å²) < 4.78 is 27.9. The van der Waals surface area contributed by atoms with E-state index in [2.05, 4.69) is 4.72 Å². The van der Waals surface area contributed by atoms with E-state index in [1.807, 2.05) is 24.3 Å². The summed E-state index contributed by atoms with van der Waals surface area (Å²) in [5.41, 5.74) is 9.13. The van der Waals surface area contributed by atoms with Crippen LogP contribution in [0.5, 0.6) is 0 Å². The number of imide groups is 1. The van der Waals surface area contributed by atoms with Gasteiger partial charge in [0.25, 0.3) is 5.91 Å². The van der Waals surface area contributed by atoms with Crippen molar-refractivity contribution < 1.29 is 18.0 Å². The molecule has 3 aromatic rings. The molecular weight excluding hydrogens is 426 g/mol. The Kier molecular flexibility index (Phi) is 5.58. The van der Waals surface area contributed by atoms with Crippen LogP contribution in [0.15, 0.2) is 77.7 Å². The molecule has 0 saturated heterocycles. The van der Waals surface area contributed by atoms with Crippen molar-refractivity contribution in [2.75, 3.05) is 10.6 Å². The first kappa shape index (κ1) is 21.7. The fourth-order valence-electron chi connectivity index (χ4n) is 3.96. The molecule has 1 aliphatic heterocycles. The molecular formula is C24H23N3O4S. The molecule has 2 amide bonds. The van der Waals surface area contributed by atoms with E-state index in [1.54, 1.807) is 43.3 Å². The molecule has 0 bridgehead atoms. The zero-order valence-electron chi connectivity index (χ0n) is 17.6. The van der Waals surface area contributed by atoms with Gasteiger partial charge in [0.1, 0.15) is 0 Å². The van der Waals surface area contributed by atoms with Crippen LogP contribution >= 0.6 is 0 Å². The number of hydrogen-bond acceptors (Lipinski definition) is 5. The summed E-state index contributed by atoms with van der Waals surface area (Å²) in [6.07, 6.45) is 0. The largest absolute Gasteiger partial charge is 0.398 e. The van der Waals surface area contributed by atoms with Gasteiger partial charge in [-0.15, -0.1) is 0 Å². The van der Waals surface area contributed by atoms with E-state index in [0.29, 0.717) is 16.9 Å². The van der Waals surface area contributed by atoms with Crippen LogP contribution in [0.3, 0.4) is 0 Å².